The van der Waals surface area contributed by atoms with Gasteiger partial charge >= 0.3 is 6.09 Å². The van der Waals surface area contributed by atoms with Crippen molar-refractivity contribution in [2.75, 3.05) is 0 Å². The van der Waals surface area contributed by atoms with Gasteiger partial charge in [-0.25, -0.2) is 4.79 Å². The van der Waals surface area contributed by atoms with Gasteiger partial charge in [-0.2, -0.15) is 10.1 Å². The second-order valence-corrected chi connectivity index (χ2v) is 4.02. The van der Waals surface area contributed by atoms with Crippen LogP contribution in [-0.2, 0) is 6.54 Å². The molecule has 2 rings (SSSR count). The van der Waals surface area contributed by atoms with E-state index in [1.54, 1.807) is 12.1 Å². The minimum absolute atomic E-state index is 0.201. The van der Waals surface area contributed by atoms with Gasteiger partial charge in [-0.05, 0) is 24.6 Å². The van der Waals surface area contributed by atoms with E-state index in [9.17, 15) is 4.79 Å². The van der Waals surface area contributed by atoms with Crippen LogP contribution in [0.3, 0.4) is 0 Å². The van der Waals surface area contributed by atoms with Crippen LogP contribution in [-0.4, -0.2) is 22.4 Å². The minimum Gasteiger partial charge on any atom is -0.464 e. The molecule has 0 fully saturated rings. The van der Waals surface area contributed by atoms with Crippen molar-refractivity contribution in [1.29, 1.82) is 0 Å². The first-order chi connectivity index (χ1) is 9.15. The Morgan fingerprint density at radius 2 is 2.05 bits per heavy atom. The second kappa shape index (κ2) is 5.86. The Hall–Kier alpha value is -2.56. The monoisotopic (exact) mass is 258 g/mol. The normalized spacial score (nSPS) is 10.8. The average molecular weight is 258 g/mol. The highest BCUT2D eigenvalue weighted by Gasteiger charge is 2.10. The third-order valence-corrected chi connectivity index (χ3v) is 2.48. The van der Waals surface area contributed by atoms with Crippen molar-refractivity contribution < 1.29 is 14.3 Å². The van der Waals surface area contributed by atoms with Crippen LogP contribution in [0.4, 0.5) is 4.79 Å². The van der Waals surface area contributed by atoms with E-state index in [4.69, 9.17) is 9.52 Å². The molecule has 0 aliphatic carbocycles. The summed E-state index contributed by atoms with van der Waals surface area (Å²) in [6.45, 7) is 2.02. The highest BCUT2D eigenvalue weighted by molar-refractivity contribution is 5.77. The quantitative estimate of drug-likeness (QED) is 0.676. The SMILES string of the molecule is Cc1ccc(/C=N\N(Cc2ccccc2)C(=O)O)o1. The Morgan fingerprint density at radius 3 is 2.63 bits per heavy atom. The smallest absolute Gasteiger partial charge is 0.428 e. The predicted octanol–water partition coefficient (Wildman–Crippen LogP) is 3.10. The lowest BCUT2D eigenvalue weighted by Gasteiger charge is -2.12. The Morgan fingerprint density at radius 1 is 1.32 bits per heavy atom. The molecule has 0 bridgehead atoms. The van der Waals surface area contributed by atoms with Crippen LogP contribution < -0.4 is 0 Å². The number of furan rings is 1. The maximum absolute atomic E-state index is 11.1. The van der Waals surface area contributed by atoms with E-state index in [1.807, 2.05) is 37.3 Å². The van der Waals surface area contributed by atoms with Gasteiger partial charge < -0.3 is 9.52 Å². The Labute approximate surface area is 110 Å². The number of nitrogens with zero attached hydrogens (tertiary/aromatic N) is 2. The zero-order chi connectivity index (χ0) is 13.7. The summed E-state index contributed by atoms with van der Waals surface area (Å²) in [7, 11) is 0. The number of amides is 1. The minimum atomic E-state index is -1.11. The zero-order valence-corrected chi connectivity index (χ0v) is 10.5. The zero-order valence-electron chi connectivity index (χ0n) is 10.5. The van der Waals surface area contributed by atoms with Gasteiger partial charge in [-0.1, -0.05) is 30.3 Å². The molecule has 0 unspecified atom stereocenters. The number of hydrogen-bond donors (Lipinski definition) is 1. The van der Waals surface area contributed by atoms with Crippen molar-refractivity contribution in [3.05, 3.63) is 59.5 Å². The summed E-state index contributed by atoms with van der Waals surface area (Å²) in [6, 6.07) is 12.8. The Bertz CT molecular complexity index is 575. The average Bonchev–Trinajstić information content (AvgIpc) is 2.81. The third-order valence-electron chi connectivity index (χ3n) is 2.48. The lowest BCUT2D eigenvalue weighted by Crippen LogP contribution is -2.23. The molecule has 0 saturated carbocycles. The molecule has 5 nitrogen and oxygen atoms in total. The molecule has 1 heterocycles. The van der Waals surface area contributed by atoms with E-state index in [2.05, 4.69) is 5.10 Å². The van der Waals surface area contributed by atoms with Crippen LogP contribution in [0.15, 0.2) is 52.0 Å². The molecular weight excluding hydrogens is 244 g/mol. The number of carboxylic acid groups (broad SMARTS) is 1. The van der Waals surface area contributed by atoms with E-state index >= 15 is 0 Å². The molecule has 0 aliphatic heterocycles. The molecule has 0 atom stereocenters. The molecule has 19 heavy (non-hydrogen) atoms. The van der Waals surface area contributed by atoms with Crippen molar-refractivity contribution >= 4 is 12.3 Å². The van der Waals surface area contributed by atoms with Crippen LogP contribution >= 0.6 is 0 Å². The number of benzene rings is 1. The maximum atomic E-state index is 11.1. The fourth-order valence-corrected chi connectivity index (χ4v) is 1.56. The summed E-state index contributed by atoms with van der Waals surface area (Å²) < 4.78 is 5.29. The van der Waals surface area contributed by atoms with E-state index in [0.717, 1.165) is 16.3 Å². The van der Waals surface area contributed by atoms with Gasteiger partial charge in [0.25, 0.3) is 0 Å². The number of hydrogen-bond acceptors (Lipinski definition) is 3. The van der Waals surface area contributed by atoms with Gasteiger partial charge in [0.05, 0.1) is 12.8 Å². The topological polar surface area (TPSA) is 66.0 Å². The summed E-state index contributed by atoms with van der Waals surface area (Å²) in [5, 5.41) is 14.0. The maximum Gasteiger partial charge on any atom is 0.428 e. The largest absolute Gasteiger partial charge is 0.464 e. The molecule has 0 radical (unpaired) electrons. The first-order valence-corrected chi connectivity index (χ1v) is 5.80. The molecule has 1 N–H and O–H groups in total. The van der Waals surface area contributed by atoms with Gasteiger partial charge in [-0.3, -0.25) is 0 Å². The van der Waals surface area contributed by atoms with Crippen molar-refractivity contribution in [2.24, 2.45) is 5.10 Å². The van der Waals surface area contributed by atoms with E-state index in [1.165, 1.54) is 6.21 Å². The molecular formula is C14H14N2O3. The summed E-state index contributed by atoms with van der Waals surface area (Å²) in [5.41, 5.74) is 0.873. The van der Waals surface area contributed by atoms with Crippen LogP contribution in [0.25, 0.3) is 0 Å². The van der Waals surface area contributed by atoms with Crippen molar-refractivity contribution in [2.45, 2.75) is 13.5 Å². The van der Waals surface area contributed by atoms with Crippen molar-refractivity contribution in [3.8, 4) is 0 Å². The third kappa shape index (κ3) is 3.70. The van der Waals surface area contributed by atoms with Gasteiger partial charge in [-0.15, -0.1) is 0 Å². The molecule has 1 amide bonds. The standard InChI is InChI=1S/C14H14N2O3/c1-11-7-8-13(19-11)9-15-16(14(17)18)10-12-5-3-2-4-6-12/h2-9H,10H2,1H3,(H,17,18)/b15-9-. The van der Waals surface area contributed by atoms with Crippen LogP contribution in [0.1, 0.15) is 17.1 Å². The van der Waals surface area contributed by atoms with Gasteiger partial charge in [0.15, 0.2) is 0 Å². The Balaban J connectivity index is 2.08. The van der Waals surface area contributed by atoms with Crippen molar-refractivity contribution in [1.82, 2.24) is 5.01 Å². The molecule has 0 saturated heterocycles. The van der Waals surface area contributed by atoms with Crippen LogP contribution in [0.5, 0.6) is 0 Å². The summed E-state index contributed by atoms with van der Waals surface area (Å²) in [5.74, 6) is 1.28. The Kier molecular flexibility index (Phi) is 3.97. The number of rotatable bonds is 4. The summed E-state index contributed by atoms with van der Waals surface area (Å²) in [4.78, 5) is 11.1. The summed E-state index contributed by atoms with van der Waals surface area (Å²) >= 11 is 0. The van der Waals surface area contributed by atoms with E-state index < -0.39 is 6.09 Å². The summed E-state index contributed by atoms with van der Waals surface area (Å²) in [6.07, 6.45) is 0.285. The van der Waals surface area contributed by atoms with Crippen LogP contribution in [0.2, 0.25) is 0 Å². The molecule has 1 aromatic heterocycles. The van der Waals surface area contributed by atoms with Gasteiger partial charge in [0.1, 0.15) is 11.5 Å². The lowest BCUT2D eigenvalue weighted by molar-refractivity contribution is 0.144. The molecule has 1 aromatic carbocycles. The number of carbonyl (C=O) groups is 1. The van der Waals surface area contributed by atoms with Crippen LogP contribution in [0, 0.1) is 6.92 Å². The lowest BCUT2D eigenvalue weighted by atomic mass is 10.2. The van der Waals surface area contributed by atoms with Gasteiger partial charge in [0.2, 0.25) is 0 Å². The highest BCUT2D eigenvalue weighted by atomic mass is 16.4. The first-order valence-electron chi connectivity index (χ1n) is 5.80. The first kappa shape index (κ1) is 12.9. The number of aryl methyl sites for hydroxylation is 1. The van der Waals surface area contributed by atoms with Gasteiger partial charge in [0, 0.05) is 0 Å². The van der Waals surface area contributed by atoms with E-state index in [0.29, 0.717) is 5.76 Å². The molecule has 98 valence electrons. The fourth-order valence-electron chi connectivity index (χ4n) is 1.56. The molecule has 0 aliphatic rings. The molecule has 5 heteroatoms. The molecule has 0 spiro atoms. The number of hydrazone groups is 1. The fraction of sp³-hybridized carbons (Fsp3) is 0.143. The molecule has 2 aromatic rings. The predicted molar refractivity (Wildman–Crippen MR) is 71.0 cm³/mol. The highest BCUT2D eigenvalue weighted by Crippen LogP contribution is 2.07. The van der Waals surface area contributed by atoms with Crippen molar-refractivity contribution in [3.63, 3.8) is 0 Å². The van der Waals surface area contributed by atoms with E-state index in [-0.39, 0.29) is 6.54 Å². The second-order valence-electron chi connectivity index (χ2n) is 4.02.